The summed E-state index contributed by atoms with van der Waals surface area (Å²) < 4.78 is 1.05. The maximum absolute atomic E-state index is 14.0. The second kappa shape index (κ2) is 12.1. The van der Waals surface area contributed by atoms with Crippen molar-refractivity contribution in [2.45, 2.75) is 83.7 Å². The van der Waals surface area contributed by atoms with Crippen molar-refractivity contribution in [3.8, 4) is 0 Å². The minimum atomic E-state index is 0.00362. The van der Waals surface area contributed by atoms with Crippen LogP contribution in [0.5, 0.6) is 0 Å². The predicted octanol–water partition coefficient (Wildman–Crippen LogP) is 9.46. The first kappa shape index (κ1) is 26.5. The van der Waals surface area contributed by atoms with Crippen LogP contribution < -0.4 is 5.32 Å². The fourth-order valence-corrected chi connectivity index (χ4v) is 5.91. The number of carbonyl (C=O) groups is 1. The second-order valence-electron chi connectivity index (χ2n) is 10.7. The van der Waals surface area contributed by atoms with Crippen molar-refractivity contribution in [3.05, 3.63) is 99.5 Å². The summed E-state index contributed by atoms with van der Waals surface area (Å²) >= 11 is 3.71. The Hall–Kier alpha value is -2.59. The lowest BCUT2D eigenvalue weighted by Crippen LogP contribution is -2.44. The number of hydrogen-bond acceptors (Lipinski definition) is 1. The minimum absolute atomic E-state index is 0.00362. The molecule has 0 radical (unpaired) electrons. The van der Waals surface area contributed by atoms with E-state index in [-0.39, 0.29) is 12.1 Å². The Labute approximate surface area is 225 Å². The van der Waals surface area contributed by atoms with E-state index in [4.69, 9.17) is 0 Å². The lowest BCUT2D eigenvalue weighted by Gasteiger charge is -2.38. The van der Waals surface area contributed by atoms with Gasteiger partial charge >= 0.3 is 6.03 Å². The summed E-state index contributed by atoms with van der Waals surface area (Å²) in [5, 5.41) is 3.39. The van der Waals surface area contributed by atoms with Gasteiger partial charge in [0, 0.05) is 22.7 Å². The van der Waals surface area contributed by atoms with Gasteiger partial charge in [0.1, 0.15) is 0 Å². The van der Waals surface area contributed by atoms with Gasteiger partial charge in [-0.3, -0.25) is 0 Å². The van der Waals surface area contributed by atoms with E-state index in [2.05, 4.69) is 115 Å². The van der Waals surface area contributed by atoms with E-state index < -0.39 is 0 Å². The van der Waals surface area contributed by atoms with E-state index in [9.17, 15) is 4.79 Å². The van der Waals surface area contributed by atoms with Crippen LogP contribution in [0.3, 0.4) is 0 Å². The molecule has 0 unspecified atom stereocenters. The van der Waals surface area contributed by atoms with Gasteiger partial charge in [-0.05, 0) is 71.8 Å². The van der Waals surface area contributed by atoms with Crippen LogP contribution in [0.15, 0.2) is 77.3 Å². The summed E-state index contributed by atoms with van der Waals surface area (Å²) in [5.41, 5.74) is 5.94. The number of nitrogens with zero attached hydrogens (tertiary/aromatic N) is 1. The van der Waals surface area contributed by atoms with Crippen molar-refractivity contribution < 1.29 is 4.79 Å². The van der Waals surface area contributed by atoms with Gasteiger partial charge < -0.3 is 10.2 Å². The number of para-hydroxylation sites is 1. The molecule has 36 heavy (non-hydrogen) atoms. The summed E-state index contributed by atoms with van der Waals surface area (Å²) in [7, 11) is 0. The van der Waals surface area contributed by atoms with Crippen molar-refractivity contribution in [2.24, 2.45) is 0 Å². The van der Waals surface area contributed by atoms with Gasteiger partial charge in [0.25, 0.3) is 0 Å². The molecule has 4 rings (SSSR count). The molecule has 0 bridgehead atoms. The molecule has 0 spiro atoms. The standard InChI is InChI=1S/C32H39BrN2O/c1-22(2)28-14-10-15-29(23(3)4)31(28)34-32(36)35(21-26-13-8-9-16-30(26)33)27-19-17-25(18-20-27)24-11-6-5-7-12-24/h5-16,22-23,25,27H,17-21H2,1-4H3,(H,34,36). The van der Waals surface area contributed by atoms with Gasteiger partial charge in [-0.15, -0.1) is 0 Å². The van der Waals surface area contributed by atoms with E-state index in [0.717, 1.165) is 41.4 Å². The smallest absolute Gasteiger partial charge is 0.317 e. The molecule has 3 aromatic rings. The lowest BCUT2D eigenvalue weighted by molar-refractivity contribution is 0.158. The van der Waals surface area contributed by atoms with Crippen molar-refractivity contribution in [2.75, 3.05) is 5.32 Å². The van der Waals surface area contributed by atoms with Gasteiger partial charge in [-0.25, -0.2) is 4.79 Å². The fraction of sp³-hybridized carbons (Fsp3) is 0.406. The highest BCUT2D eigenvalue weighted by molar-refractivity contribution is 9.10. The summed E-state index contributed by atoms with van der Waals surface area (Å²) in [6.07, 6.45) is 4.24. The Bertz CT molecular complexity index is 1120. The normalized spacial score (nSPS) is 17.9. The highest BCUT2D eigenvalue weighted by Gasteiger charge is 2.31. The Morgan fingerprint density at radius 2 is 1.42 bits per heavy atom. The van der Waals surface area contributed by atoms with Gasteiger partial charge in [0.05, 0.1) is 0 Å². The van der Waals surface area contributed by atoms with Crippen LogP contribution in [0.25, 0.3) is 0 Å². The number of anilines is 1. The molecule has 190 valence electrons. The van der Waals surface area contributed by atoms with Gasteiger partial charge in [0.15, 0.2) is 0 Å². The molecule has 4 heteroatoms. The molecule has 2 amide bonds. The first-order chi connectivity index (χ1) is 17.3. The van der Waals surface area contributed by atoms with Gasteiger partial charge in [-0.1, -0.05) is 110 Å². The van der Waals surface area contributed by atoms with Gasteiger partial charge in [-0.2, -0.15) is 0 Å². The molecule has 0 aliphatic heterocycles. The number of amides is 2. The predicted molar refractivity (Wildman–Crippen MR) is 155 cm³/mol. The van der Waals surface area contributed by atoms with E-state index in [1.165, 1.54) is 16.7 Å². The third-order valence-corrected chi connectivity index (χ3v) is 8.35. The Kier molecular flexibility index (Phi) is 8.90. The molecule has 1 fully saturated rings. The molecule has 0 aromatic heterocycles. The Morgan fingerprint density at radius 3 is 2.00 bits per heavy atom. The van der Waals surface area contributed by atoms with Crippen molar-refractivity contribution in [1.29, 1.82) is 0 Å². The summed E-state index contributed by atoms with van der Waals surface area (Å²) in [4.78, 5) is 16.1. The van der Waals surface area contributed by atoms with Crippen LogP contribution in [-0.4, -0.2) is 17.0 Å². The highest BCUT2D eigenvalue weighted by atomic mass is 79.9. The number of benzene rings is 3. The SMILES string of the molecule is CC(C)c1cccc(C(C)C)c1NC(=O)N(Cc1ccccc1Br)C1CCC(c2ccccc2)CC1. The van der Waals surface area contributed by atoms with E-state index >= 15 is 0 Å². The summed E-state index contributed by atoms with van der Waals surface area (Å²) in [5.74, 6) is 1.24. The first-order valence-electron chi connectivity index (χ1n) is 13.3. The number of urea groups is 1. The minimum Gasteiger partial charge on any atom is -0.317 e. The summed E-state index contributed by atoms with van der Waals surface area (Å²) in [6.45, 7) is 9.37. The number of nitrogens with one attached hydrogen (secondary N) is 1. The van der Waals surface area contributed by atoms with Crippen molar-refractivity contribution in [1.82, 2.24) is 4.90 Å². The number of rotatable bonds is 7. The third-order valence-electron chi connectivity index (χ3n) is 7.57. The molecule has 3 nitrogen and oxygen atoms in total. The topological polar surface area (TPSA) is 32.3 Å². The van der Waals surface area contributed by atoms with Crippen LogP contribution in [0.1, 0.15) is 93.4 Å². The molecule has 1 aliphatic carbocycles. The van der Waals surface area contributed by atoms with Crippen LogP contribution >= 0.6 is 15.9 Å². The second-order valence-corrected chi connectivity index (χ2v) is 11.5. The van der Waals surface area contributed by atoms with E-state index in [1.807, 2.05) is 12.1 Å². The van der Waals surface area contributed by atoms with Crippen molar-refractivity contribution in [3.63, 3.8) is 0 Å². The number of hydrogen-bond donors (Lipinski definition) is 1. The lowest BCUT2D eigenvalue weighted by atomic mass is 9.81. The molecular formula is C32H39BrN2O. The zero-order valence-electron chi connectivity index (χ0n) is 22.0. The number of carbonyl (C=O) groups excluding carboxylic acids is 1. The van der Waals surface area contributed by atoms with Crippen LogP contribution in [0, 0.1) is 0 Å². The zero-order valence-corrected chi connectivity index (χ0v) is 23.6. The molecule has 0 saturated heterocycles. The molecule has 1 aliphatic rings. The summed E-state index contributed by atoms with van der Waals surface area (Å²) in [6, 6.07) is 25.7. The molecule has 3 aromatic carbocycles. The quantitative estimate of drug-likeness (QED) is 0.314. The van der Waals surface area contributed by atoms with Crippen LogP contribution in [0.2, 0.25) is 0 Å². The number of halogens is 1. The maximum atomic E-state index is 14.0. The molecule has 0 atom stereocenters. The molecule has 1 saturated carbocycles. The largest absolute Gasteiger partial charge is 0.322 e. The third kappa shape index (κ3) is 6.21. The van der Waals surface area contributed by atoms with E-state index in [1.54, 1.807) is 0 Å². The molecular weight excluding hydrogens is 508 g/mol. The van der Waals surface area contributed by atoms with E-state index in [0.29, 0.717) is 24.3 Å². The highest BCUT2D eigenvalue weighted by Crippen LogP contribution is 2.37. The fourth-order valence-electron chi connectivity index (χ4n) is 5.50. The van der Waals surface area contributed by atoms with Crippen LogP contribution in [-0.2, 0) is 6.54 Å². The van der Waals surface area contributed by atoms with Gasteiger partial charge in [0.2, 0.25) is 0 Å². The van der Waals surface area contributed by atoms with Crippen molar-refractivity contribution >= 4 is 27.6 Å². The zero-order chi connectivity index (χ0) is 25.7. The average Bonchev–Trinajstić information content (AvgIpc) is 2.88. The average molecular weight is 548 g/mol. The Morgan fingerprint density at radius 1 is 0.833 bits per heavy atom. The molecule has 1 N–H and O–H groups in total. The Balaban J connectivity index is 1.60. The monoisotopic (exact) mass is 546 g/mol. The maximum Gasteiger partial charge on any atom is 0.322 e. The molecule has 0 heterocycles. The first-order valence-corrected chi connectivity index (χ1v) is 14.1. The van der Waals surface area contributed by atoms with Crippen LogP contribution in [0.4, 0.5) is 10.5 Å².